The molecule has 1 saturated heterocycles. The molecule has 0 bridgehead atoms. The summed E-state index contributed by atoms with van der Waals surface area (Å²) in [6.45, 7) is 3.73. The van der Waals surface area contributed by atoms with Gasteiger partial charge in [0.05, 0.1) is 6.61 Å². The first-order valence-corrected chi connectivity index (χ1v) is 9.10. The van der Waals surface area contributed by atoms with Gasteiger partial charge in [0.15, 0.2) is 0 Å². The molecule has 1 aromatic rings. The van der Waals surface area contributed by atoms with Gasteiger partial charge in [-0.3, -0.25) is 9.59 Å². The van der Waals surface area contributed by atoms with Crippen molar-refractivity contribution in [1.82, 2.24) is 15.5 Å². The summed E-state index contributed by atoms with van der Waals surface area (Å²) in [4.78, 5) is 37.1. The van der Waals surface area contributed by atoms with Crippen LogP contribution in [0.1, 0.15) is 31.7 Å². The lowest BCUT2D eigenvalue weighted by atomic mass is 10.1. The third kappa shape index (κ3) is 6.74. The van der Waals surface area contributed by atoms with Gasteiger partial charge in [-0.05, 0) is 31.7 Å². The zero-order chi connectivity index (χ0) is 18.8. The van der Waals surface area contributed by atoms with Crippen molar-refractivity contribution in [2.45, 2.75) is 38.6 Å². The molecular formula is C19H27N3O4. The molecule has 2 rings (SSSR count). The summed E-state index contributed by atoms with van der Waals surface area (Å²) in [5.41, 5.74) is 1.14. The molecule has 1 fully saturated rings. The van der Waals surface area contributed by atoms with E-state index in [9.17, 15) is 14.4 Å². The average Bonchev–Trinajstić information content (AvgIpc) is 2.63. The van der Waals surface area contributed by atoms with Crippen LogP contribution >= 0.6 is 0 Å². The number of likely N-dealkylation sites (tertiary alicyclic amines) is 1. The van der Waals surface area contributed by atoms with E-state index < -0.39 is 0 Å². The second-order valence-corrected chi connectivity index (χ2v) is 6.29. The van der Waals surface area contributed by atoms with Gasteiger partial charge in [-0.2, -0.15) is 0 Å². The van der Waals surface area contributed by atoms with E-state index in [1.54, 1.807) is 11.8 Å². The number of hydrogen-bond donors (Lipinski definition) is 2. The van der Waals surface area contributed by atoms with Crippen LogP contribution in [0.3, 0.4) is 0 Å². The van der Waals surface area contributed by atoms with Gasteiger partial charge >= 0.3 is 6.09 Å². The number of ether oxygens (including phenoxy) is 1. The Hall–Kier alpha value is -2.57. The lowest BCUT2D eigenvalue weighted by Crippen LogP contribution is -2.47. The number of benzene rings is 1. The fourth-order valence-corrected chi connectivity index (χ4v) is 2.90. The number of rotatable bonds is 7. The highest BCUT2D eigenvalue weighted by molar-refractivity contribution is 5.96. The van der Waals surface area contributed by atoms with Crippen molar-refractivity contribution in [2.75, 3.05) is 26.2 Å². The molecule has 1 aromatic carbocycles. The van der Waals surface area contributed by atoms with Crippen LogP contribution in [0.2, 0.25) is 0 Å². The number of nitrogens with one attached hydrogen (secondary N) is 2. The summed E-state index contributed by atoms with van der Waals surface area (Å²) >= 11 is 0. The van der Waals surface area contributed by atoms with Gasteiger partial charge in [0.1, 0.15) is 6.42 Å². The van der Waals surface area contributed by atoms with E-state index in [-0.39, 0.29) is 30.4 Å². The molecule has 7 nitrogen and oxygen atoms in total. The van der Waals surface area contributed by atoms with Crippen molar-refractivity contribution in [1.29, 1.82) is 0 Å². The Bertz CT molecular complexity index is 598. The van der Waals surface area contributed by atoms with Crippen LogP contribution in [0.25, 0.3) is 0 Å². The zero-order valence-corrected chi connectivity index (χ0v) is 15.2. The SMILES string of the molecule is CCOC(=O)N1CCC(NC(=O)CC(=O)NCCc2ccccc2)CC1. The van der Waals surface area contributed by atoms with Gasteiger partial charge in [0.25, 0.3) is 0 Å². The van der Waals surface area contributed by atoms with Crippen molar-refractivity contribution in [2.24, 2.45) is 0 Å². The predicted molar refractivity (Wildman–Crippen MR) is 97.5 cm³/mol. The monoisotopic (exact) mass is 361 g/mol. The van der Waals surface area contributed by atoms with Crippen LogP contribution in [0, 0.1) is 0 Å². The van der Waals surface area contributed by atoms with Crippen LogP contribution in [-0.4, -0.2) is 55.1 Å². The number of hydrogen-bond acceptors (Lipinski definition) is 4. The summed E-state index contributed by atoms with van der Waals surface area (Å²) in [5.74, 6) is -0.556. The molecule has 0 unspecified atom stereocenters. The molecule has 0 aromatic heterocycles. The van der Waals surface area contributed by atoms with Gasteiger partial charge in [-0.15, -0.1) is 0 Å². The number of amides is 3. The molecular weight excluding hydrogens is 334 g/mol. The van der Waals surface area contributed by atoms with Gasteiger partial charge < -0.3 is 20.3 Å². The molecule has 3 amide bonds. The molecule has 1 aliphatic heterocycles. The van der Waals surface area contributed by atoms with Crippen molar-refractivity contribution in [3.8, 4) is 0 Å². The number of carbonyl (C=O) groups is 3. The van der Waals surface area contributed by atoms with E-state index in [1.807, 2.05) is 30.3 Å². The van der Waals surface area contributed by atoms with Crippen LogP contribution in [-0.2, 0) is 20.7 Å². The maximum absolute atomic E-state index is 12.0. The first kappa shape index (κ1) is 19.8. The minimum Gasteiger partial charge on any atom is -0.450 e. The molecule has 1 aliphatic rings. The highest BCUT2D eigenvalue weighted by Gasteiger charge is 2.24. The van der Waals surface area contributed by atoms with E-state index in [0.29, 0.717) is 39.1 Å². The average molecular weight is 361 g/mol. The van der Waals surface area contributed by atoms with E-state index in [0.717, 1.165) is 12.0 Å². The van der Waals surface area contributed by atoms with Crippen molar-refractivity contribution < 1.29 is 19.1 Å². The van der Waals surface area contributed by atoms with Gasteiger partial charge in [0.2, 0.25) is 11.8 Å². The Morgan fingerprint density at radius 3 is 2.46 bits per heavy atom. The first-order valence-electron chi connectivity index (χ1n) is 9.10. The molecule has 0 aliphatic carbocycles. The first-order chi connectivity index (χ1) is 12.6. The summed E-state index contributed by atoms with van der Waals surface area (Å²) in [6.07, 6.45) is 1.59. The lowest BCUT2D eigenvalue weighted by molar-refractivity contribution is -0.129. The van der Waals surface area contributed by atoms with Gasteiger partial charge in [-0.1, -0.05) is 30.3 Å². The maximum Gasteiger partial charge on any atom is 0.409 e. The molecule has 0 saturated carbocycles. The topological polar surface area (TPSA) is 87.7 Å². The predicted octanol–water partition coefficient (Wildman–Crippen LogP) is 1.47. The second-order valence-electron chi connectivity index (χ2n) is 6.29. The van der Waals surface area contributed by atoms with Crippen LogP contribution in [0.5, 0.6) is 0 Å². The number of carbonyl (C=O) groups excluding carboxylic acids is 3. The van der Waals surface area contributed by atoms with Crippen molar-refractivity contribution >= 4 is 17.9 Å². The Labute approximate surface area is 154 Å². The quantitative estimate of drug-likeness (QED) is 0.720. The van der Waals surface area contributed by atoms with Gasteiger partial charge in [0, 0.05) is 25.7 Å². The smallest absolute Gasteiger partial charge is 0.409 e. The van der Waals surface area contributed by atoms with Gasteiger partial charge in [-0.25, -0.2) is 4.79 Å². The standard InChI is InChI=1S/C19H27N3O4/c1-2-26-19(25)22-12-9-16(10-13-22)21-18(24)14-17(23)20-11-8-15-6-4-3-5-7-15/h3-7,16H,2,8-14H2,1H3,(H,20,23)(H,21,24). The molecule has 26 heavy (non-hydrogen) atoms. The Kier molecular flexibility index (Phi) is 7.92. The summed E-state index contributed by atoms with van der Waals surface area (Å²) in [5, 5.41) is 5.64. The Balaban J connectivity index is 1.61. The zero-order valence-electron chi connectivity index (χ0n) is 15.2. The fraction of sp³-hybridized carbons (Fsp3) is 0.526. The normalized spacial score (nSPS) is 14.6. The van der Waals surface area contributed by atoms with Crippen LogP contribution < -0.4 is 10.6 Å². The van der Waals surface area contributed by atoms with E-state index in [4.69, 9.17) is 4.74 Å². The molecule has 2 N–H and O–H groups in total. The number of piperidine rings is 1. The lowest BCUT2D eigenvalue weighted by Gasteiger charge is -2.31. The maximum atomic E-state index is 12.0. The molecule has 142 valence electrons. The van der Waals surface area contributed by atoms with Crippen molar-refractivity contribution in [3.05, 3.63) is 35.9 Å². The summed E-state index contributed by atoms with van der Waals surface area (Å²) in [6, 6.07) is 9.85. The summed E-state index contributed by atoms with van der Waals surface area (Å²) < 4.78 is 4.97. The Morgan fingerprint density at radius 1 is 1.12 bits per heavy atom. The van der Waals surface area contributed by atoms with E-state index in [1.165, 1.54) is 0 Å². The molecule has 1 heterocycles. The second kappa shape index (κ2) is 10.4. The van der Waals surface area contributed by atoms with E-state index in [2.05, 4.69) is 10.6 Å². The van der Waals surface area contributed by atoms with Crippen LogP contribution in [0.4, 0.5) is 4.79 Å². The highest BCUT2D eigenvalue weighted by atomic mass is 16.6. The molecule has 0 spiro atoms. The molecule has 0 atom stereocenters. The summed E-state index contributed by atoms with van der Waals surface area (Å²) in [7, 11) is 0. The van der Waals surface area contributed by atoms with E-state index >= 15 is 0 Å². The third-order valence-corrected chi connectivity index (χ3v) is 4.29. The number of nitrogens with zero attached hydrogens (tertiary/aromatic N) is 1. The minimum absolute atomic E-state index is 0.00899. The van der Waals surface area contributed by atoms with Crippen molar-refractivity contribution in [3.63, 3.8) is 0 Å². The van der Waals surface area contributed by atoms with Crippen LogP contribution in [0.15, 0.2) is 30.3 Å². The molecule has 0 radical (unpaired) electrons. The highest BCUT2D eigenvalue weighted by Crippen LogP contribution is 2.11. The largest absolute Gasteiger partial charge is 0.450 e. The molecule has 7 heteroatoms. The fourth-order valence-electron chi connectivity index (χ4n) is 2.90. The Morgan fingerprint density at radius 2 is 1.81 bits per heavy atom. The minimum atomic E-state index is -0.310. The third-order valence-electron chi connectivity index (χ3n) is 4.29.